The SMILES string of the molecule is O=C1COc2c(N3CCNCC3)cc(F)cc2N1Cc1cccc(Cl)c1. The normalized spacial score (nSPS) is 17.1. The monoisotopic (exact) mass is 375 g/mol. The molecule has 1 amide bonds. The summed E-state index contributed by atoms with van der Waals surface area (Å²) >= 11 is 6.05. The van der Waals surface area contributed by atoms with Crippen molar-refractivity contribution in [1.29, 1.82) is 0 Å². The topological polar surface area (TPSA) is 44.8 Å². The van der Waals surface area contributed by atoms with E-state index in [-0.39, 0.29) is 18.3 Å². The van der Waals surface area contributed by atoms with E-state index in [0.29, 0.717) is 28.7 Å². The molecule has 7 heteroatoms. The molecule has 4 rings (SSSR count). The molecule has 2 heterocycles. The van der Waals surface area contributed by atoms with Crippen molar-refractivity contribution in [2.45, 2.75) is 6.54 Å². The molecule has 1 fully saturated rings. The van der Waals surface area contributed by atoms with Crippen molar-refractivity contribution in [2.24, 2.45) is 0 Å². The number of amides is 1. The molecule has 0 aromatic heterocycles. The molecule has 0 spiro atoms. The average molecular weight is 376 g/mol. The van der Waals surface area contributed by atoms with Gasteiger partial charge in [-0.25, -0.2) is 4.39 Å². The van der Waals surface area contributed by atoms with Crippen molar-refractivity contribution >= 4 is 28.9 Å². The van der Waals surface area contributed by atoms with E-state index in [2.05, 4.69) is 10.2 Å². The van der Waals surface area contributed by atoms with Crippen LogP contribution in [0.2, 0.25) is 5.02 Å². The predicted molar refractivity (Wildman–Crippen MR) is 99.6 cm³/mol. The first kappa shape index (κ1) is 17.1. The van der Waals surface area contributed by atoms with Crippen molar-refractivity contribution in [3.05, 3.63) is 52.8 Å². The Kier molecular flexibility index (Phi) is 4.70. The third-order valence-corrected chi connectivity index (χ3v) is 4.87. The number of hydrogen-bond donors (Lipinski definition) is 1. The Morgan fingerprint density at radius 1 is 1.15 bits per heavy atom. The van der Waals surface area contributed by atoms with E-state index in [1.54, 1.807) is 17.0 Å². The largest absolute Gasteiger partial charge is 0.479 e. The van der Waals surface area contributed by atoms with Gasteiger partial charge in [-0.1, -0.05) is 23.7 Å². The smallest absolute Gasteiger partial charge is 0.265 e. The van der Waals surface area contributed by atoms with E-state index in [1.807, 2.05) is 12.1 Å². The van der Waals surface area contributed by atoms with Crippen LogP contribution in [0, 0.1) is 5.82 Å². The van der Waals surface area contributed by atoms with Gasteiger partial charge in [0.05, 0.1) is 17.9 Å². The first-order chi connectivity index (χ1) is 12.6. The van der Waals surface area contributed by atoms with E-state index < -0.39 is 0 Å². The fourth-order valence-electron chi connectivity index (χ4n) is 3.39. The number of halogens is 2. The zero-order valence-electron chi connectivity index (χ0n) is 14.2. The van der Waals surface area contributed by atoms with Crippen molar-refractivity contribution in [1.82, 2.24) is 5.32 Å². The first-order valence-corrected chi connectivity index (χ1v) is 8.96. The number of hydrogen-bond acceptors (Lipinski definition) is 4. The summed E-state index contributed by atoms with van der Waals surface area (Å²) in [6.45, 7) is 3.45. The van der Waals surface area contributed by atoms with Crippen LogP contribution < -0.4 is 19.9 Å². The number of rotatable bonds is 3. The number of anilines is 2. The zero-order valence-corrected chi connectivity index (χ0v) is 14.9. The maximum absolute atomic E-state index is 14.4. The van der Waals surface area contributed by atoms with Gasteiger partial charge < -0.3 is 19.9 Å². The van der Waals surface area contributed by atoms with E-state index in [0.717, 1.165) is 31.7 Å². The molecule has 0 radical (unpaired) electrons. The van der Waals surface area contributed by atoms with Crippen LogP contribution in [0.4, 0.5) is 15.8 Å². The highest BCUT2D eigenvalue weighted by Crippen LogP contribution is 2.42. The number of carbonyl (C=O) groups excluding carboxylic acids is 1. The molecule has 1 saturated heterocycles. The Labute approximate surface area is 156 Å². The number of nitrogens with one attached hydrogen (secondary N) is 1. The molecule has 136 valence electrons. The summed E-state index contributed by atoms with van der Waals surface area (Å²) in [5.41, 5.74) is 2.05. The van der Waals surface area contributed by atoms with Gasteiger partial charge in [-0.3, -0.25) is 4.79 Å². The highest BCUT2D eigenvalue weighted by molar-refractivity contribution is 6.30. The highest BCUT2D eigenvalue weighted by Gasteiger charge is 2.30. The van der Waals surface area contributed by atoms with Gasteiger partial charge in [0, 0.05) is 43.3 Å². The van der Waals surface area contributed by atoms with E-state index in [9.17, 15) is 9.18 Å². The number of nitrogens with zero attached hydrogens (tertiary/aromatic N) is 2. The van der Waals surface area contributed by atoms with Gasteiger partial charge in [0.25, 0.3) is 5.91 Å². The lowest BCUT2D eigenvalue weighted by Gasteiger charge is -2.35. The summed E-state index contributed by atoms with van der Waals surface area (Å²) in [5, 5.41) is 3.88. The molecule has 2 aliphatic heterocycles. The molecule has 2 aromatic rings. The fourth-order valence-corrected chi connectivity index (χ4v) is 3.60. The molecule has 2 aliphatic rings. The average Bonchev–Trinajstić information content (AvgIpc) is 2.64. The number of benzene rings is 2. The van der Waals surface area contributed by atoms with Crippen molar-refractivity contribution in [2.75, 3.05) is 42.6 Å². The van der Waals surface area contributed by atoms with Crippen LogP contribution in [0.5, 0.6) is 5.75 Å². The van der Waals surface area contributed by atoms with Gasteiger partial charge in [-0.15, -0.1) is 0 Å². The molecule has 1 N–H and O–H groups in total. The van der Waals surface area contributed by atoms with Crippen LogP contribution >= 0.6 is 11.6 Å². The Morgan fingerprint density at radius 3 is 2.69 bits per heavy atom. The summed E-state index contributed by atoms with van der Waals surface area (Å²) in [6, 6.07) is 10.2. The maximum Gasteiger partial charge on any atom is 0.265 e. The van der Waals surface area contributed by atoms with Gasteiger partial charge in [0.1, 0.15) is 5.82 Å². The second kappa shape index (κ2) is 7.13. The third-order valence-electron chi connectivity index (χ3n) is 4.63. The summed E-state index contributed by atoms with van der Waals surface area (Å²) in [6.07, 6.45) is 0. The Hall–Kier alpha value is -2.31. The highest BCUT2D eigenvalue weighted by atomic mass is 35.5. The van der Waals surface area contributed by atoms with Gasteiger partial charge in [-0.2, -0.15) is 0 Å². The quantitative estimate of drug-likeness (QED) is 0.896. The van der Waals surface area contributed by atoms with E-state index in [1.165, 1.54) is 12.1 Å². The van der Waals surface area contributed by atoms with Crippen molar-refractivity contribution in [3.8, 4) is 5.75 Å². The second-order valence-corrected chi connectivity index (χ2v) is 6.85. The molecular weight excluding hydrogens is 357 g/mol. The van der Waals surface area contributed by atoms with Gasteiger partial charge in [0.15, 0.2) is 12.4 Å². The Balaban J connectivity index is 1.72. The predicted octanol–water partition coefficient (Wildman–Crippen LogP) is 2.81. The molecule has 0 aliphatic carbocycles. The second-order valence-electron chi connectivity index (χ2n) is 6.41. The summed E-state index contributed by atoms with van der Waals surface area (Å²) in [4.78, 5) is 16.1. The van der Waals surface area contributed by atoms with Crippen LogP contribution in [0.25, 0.3) is 0 Å². The third kappa shape index (κ3) is 3.34. The van der Waals surface area contributed by atoms with Crippen LogP contribution in [0.3, 0.4) is 0 Å². The standard InChI is InChI=1S/C19H19ClFN3O2/c20-14-3-1-2-13(8-14)11-24-17-10-15(21)9-16(19(17)26-12-18(24)25)23-6-4-22-5-7-23/h1-3,8-10,22H,4-7,11-12H2. The Bertz CT molecular complexity index is 840. The molecule has 0 saturated carbocycles. The fraction of sp³-hybridized carbons (Fsp3) is 0.316. The van der Waals surface area contributed by atoms with Gasteiger partial charge in [-0.05, 0) is 17.7 Å². The molecule has 0 unspecified atom stereocenters. The summed E-state index contributed by atoms with van der Waals surface area (Å²) in [5.74, 6) is -0.0176. The molecule has 0 bridgehead atoms. The van der Waals surface area contributed by atoms with Crippen LogP contribution in [-0.2, 0) is 11.3 Å². The maximum atomic E-state index is 14.4. The number of fused-ring (bicyclic) bond motifs is 1. The Morgan fingerprint density at radius 2 is 1.92 bits per heavy atom. The zero-order chi connectivity index (χ0) is 18.1. The van der Waals surface area contributed by atoms with Gasteiger partial charge in [0.2, 0.25) is 0 Å². The molecule has 5 nitrogen and oxygen atoms in total. The minimum absolute atomic E-state index is 0.0573. The lowest BCUT2D eigenvalue weighted by atomic mass is 10.1. The van der Waals surface area contributed by atoms with Crippen molar-refractivity contribution < 1.29 is 13.9 Å². The number of ether oxygens (including phenoxy) is 1. The summed E-state index contributed by atoms with van der Waals surface area (Å²) < 4.78 is 20.1. The molecule has 0 atom stereocenters. The van der Waals surface area contributed by atoms with E-state index >= 15 is 0 Å². The molecule has 26 heavy (non-hydrogen) atoms. The van der Waals surface area contributed by atoms with Crippen LogP contribution in [0.15, 0.2) is 36.4 Å². The van der Waals surface area contributed by atoms with E-state index in [4.69, 9.17) is 16.3 Å². The van der Waals surface area contributed by atoms with Crippen LogP contribution in [-0.4, -0.2) is 38.7 Å². The summed E-state index contributed by atoms with van der Waals surface area (Å²) in [7, 11) is 0. The van der Waals surface area contributed by atoms with Crippen molar-refractivity contribution in [3.63, 3.8) is 0 Å². The number of carbonyl (C=O) groups is 1. The minimum Gasteiger partial charge on any atom is -0.479 e. The lowest BCUT2D eigenvalue weighted by Crippen LogP contribution is -2.44. The minimum atomic E-state index is -0.383. The van der Waals surface area contributed by atoms with Gasteiger partial charge >= 0.3 is 0 Å². The number of piperazine rings is 1. The lowest BCUT2D eigenvalue weighted by molar-refractivity contribution is -0.121. The molecule has 2 aromatic carbocycles. The van der Waals surface area contributed by atoms with Crippen LogP contribution in [0.1, 0.15) is 5.56 Å². The first-order valence-electron chi connectivity index (χ1n) is 8.58. The molecular formula is C19H19ClFN3O2.